The highest BCUT2D eigenvalue weighted by Crippen LogP contribution is 2.29. The maximum Gasteiger partial charge on any atom is 0.305 e. The highest BCUT2D eigenvalue weighted by atomic mass is 16.5. The number of carbonyl (C=O) groups is 1. The molecule has 0 aromatic carbocycles. The van der Waals surface area contributed by atoms with Gasteiger partial charge >= 0.3 is 5.97 Å². The van der Waals surface area contributed by atoms with Gasteiger partial charge < -0.3 is 10.1 Å². The molecule has 1 aliphatic heterocycles. The second-order valence-corrected chi connectivity index (χ2v) is 4.78. The molecule has 0 spiro atoms. The lowest BCUT2D eigenvalue weighted by Gasteiger charge is -2.34. The molecule has 0 radical (unpaired) electrons. The van der Waals surface area contributed by atoms with Gasteiger partial charge in [0.2, 0.25) is 0 Å². The third-order valence-electron chi connectivity index (χ3n) is 3.47. The number of hydrogen-bond acceptors (Lipinski definition) is 3. The zero-order chi connectivity index (χ0) is 11.3. The van der Waals surface area contributed by atoms with Gasteiger partial charge in [0, 0.05) is 6.42 Å². The van der Waals surface area contributed by atoms with Gasteiger partial charge in [-0.05, 0) is 43.7 Å². The minimum atomic E-state index is -0.0805. The van der Waals surface area contributed by atoms with Crippen LogP contribution in [0.3, 0.4) is 0 Å². The largest absolute Gasteiger partial charge is 0.469 e. The summed E-state index contributed by atoms with van der Waals surface area (Å²) >= 11 is 0. The Morgan fingerprint density at radius 1 is 1.53 bits per heavy atom. The number of nitrogens with one attached hydrogen (secondary N) is 1. The summed E-state index contributed by atoms with van der Waals surface area (Å²) in [7, 11) is 1.46. The fourth-order valence-corrected chi connectivity index (χ4v) is 2.54. The van der Waals surface area contributed by atoms with Gasteiger partial charge in [-0.15, -0.1) is 0 Å². The predicted molar refractivity (Wildman–Crippen MR) is 60.6 cm³/mol. The van der Waals surface area contributed by atoms with Crippen molar-refractivity contribution < 1.29 is 9.53 Å². The van der Waals surface area contributed by atoms with Crippen LogP contribution in [0.4, 0.5) is 0 Å². The Morgan fingerprint density at radius 3 is 2.87 bits per heavy atom. The van der Waals surface area contributed by atoms with Crippen molar-refractivity contribution in [3.8, 4) is 0 Å². The number of carbonyl (C=O) groups excluding carboxylic acids is 1. The lowest BCUT2D eigenvalue weighted by molar-refractivity contribution is -0.141. The Kier molecular flexibility index (Phi) is 5.09. The predicted octanol–water partition coefficient (Wildman–Crippen LogP) is 1.82. The molecule has 3 nitrogen and oxygen atoms in total. The number of piperidine rings is 1. The van der Waals surface area contributed by atoms with Crippen LogP contribution < -0.4 is 5.32 Å². The molecule has 1 saturated heterocycles. The lowest BCUT2D eigenvalue weighted by Crippen LogP contribution is -2.39. The fraction of sp³-hybridized carbons (Fsp3) is 0.917. The minimum Gasteiger partial charge on any atom is -0.469 e. The summed E-state index contributed by atoms with van der Waals surface area (Å²) in [4.78, 5) is 11.1. The summed E-state index contributed by atoms with van der Waals surface area (Å²) in [6, 6.07) is 0. The second kappa shape index (κ2) is 6.11. The van der Waals surface area contributed by atoms with E-state index in [9.17, 15) is 4.79 Å². The van der Waals surface area contributed by atoms with Gasteiger partial charge in [0.05, 0.1) is 7.11 Å². The maximum absolute atomic E-state index is 11.1. The molecule has 0 amide bonds. The zero-order valence-corrected chi connectivity index (χ0v) is 10.1. The first-order valence-electron chi connectivity index (χ1n) is 5.92. The highest BCUT2D eigenvalue weighted by Gasteiger charge is 2.27. The number of ether oxygens (including phenoxy) is 1. The van der Waals surface area contributed by atoms with Gasteiger partial charge in [-0.1, -0.05) is 13.8 Å². The van der Waals surface area contributed by atoms with Crippen LogP contribution in [0.25, 0.3) is 0 Å². The van der Waals surface area contributed by atoms with Crippen molar-refractivity contribution >= 4 is 5.97 Å². The number of hydrogen-bond donors (Lipinski definition) is 1. The van der Waals surface area contributed by atoms with Crippen LogP contribution in [0.5, 0.6) is 0 Å². The molecule has 0 aromatic rings. The third kappa shape index (κ3) is 3.82. The lowest BCUT2D eigenvalue weighted by atomic mass is 9.77. The van der Waals surface area contributed by atoms with E-state index in [1.807, 2.05) is 0 Å². The quantitative estimate of drug-likeness (QED) is 0.724. The van der Waals surface area contributed by atoms with E-state index in [1.165, 1.54) is 13.5 Å². The molecule has 0 saturated carbocycles. The van der Waals surface area contributed by atoms with E-state index in [0.717, 1.165) is 31.3 Å². The van der Waals surface area contributed by atoms with Gasteiger partial charge in [-0.2, -0.15) is 0 Å². The van der Waals surface area contributed by atoms with E-state index < -0.39 is 0 Å². The van der Waals surface area contributed by atoms with Crippen molar-refractivity contribution in [3.63, 3.8) is 0 Å². The standard InChI is InChI=1S/C12H23NO2/c1-9(2)11-6-7-13-8-10(11)4-5-12(14)15-3/h9-11,13H,4-8H2,1-3H3. The summed E-state index contributed by atoms with van der Waals surface area (Å²) in [5.74, 6) is 2.03. The molecule has 1 fully saturated rings. The van der Waals surface area contributed by atoms with Crippen molar-refractivity contribution in [2.75, 3.05) is 20.2 Å². The Morgan fingerprint density at radius 2 is 2.27 bits per heavy atom. The molecule has 0 aromatic heterocycles. The average molecular weight is 213 g/mol. The molecule has 1 aliphatic rings. The van der Waals surface area contributed by atoms with Crippen LogP contribution in [-0.4, -0.2) is 26.2 Å². The van der Waals surface area contributed by atoms with Crippen molar-refractivity contribution in [3.05, 3.63) is 0 Å². The molecule has 1 N–H and O–H groups in total. The van der Waals surface area contributed by atoms with Crippen LogP contribution >= 0.6 is 0 Å². The smallest absolute Gasteiger partial charge is 0.305 e. The van der Waals surface area contributed by atoms with E-state index in [1.54, 1.807) is 0 Å². The van der Waals surface area contributed by atoms with Crippen molar-refractivity contribution in [1.82, 2.24) is 5.32 Å². The van der Waals surface area contributed by atoms with Gasteiger partial charge in [0.25, 0.3) is 0 Å². The third-order valence-corrected chi connectivity index (χ3v) is 3.47. The fourth-order valence-electron chi connectivity index (χ4n) is 2.54. The van der Waals surface area contributed by atoms with Gasteiger partial charge in [0.1, 0.15) is 0 Å². The first-order valence-corrected chi connectivity index (χ1v) is 5.92. The molecular weight excluding hydrogens is 190 g/mol. The second-order valence-electron chi connectivity index (χ2n) is 4.78. The molecule has 88 valence electrons. The molecule has 15 heavy (non-hydrogen) atoms. The van der Waals surface area contributed by atoms with E-state index in [4.69, 9.17) is 0 Å². The Bertz CT molecular complexity index is 204. The van der Waals surface area contributed by atoms with Gasteiger partial charge in [-0.3, -0.25) is 4.79 Å². The number of methoxy groups -OCH3 is 1. The van der Waals surface area contributed by atoms with E-state index in [2.05, 4.69) is 23.9 Å². The maximum atomic E-state index is 11.1. The van der Waals surface area contributed by atoms with Crippen LogP contribution in [0, 0.1) is 17.8 Å². The van der Waals surface area contributed by atoms with Crippen LogP contribution in [0.15, 0.2) is 0 Å². The Balaban J connectivity index is 2.39. The van der Waals surface area contributed by atoms with Crippen molar-refractivity contribution in [2.24, 2.45) is 17.8 Å². The number of esters is 1. The van der Waals surface area contributed by atoms with E-state index >= 15 is 0 Å². The monoisotopic (exact) mass is 213 g/mol. The zero-order valence-electron chi connectivity index (χ0n) is 10.1. The first-order chi connectivity index (χ1) is 7.15. The average Bonchev–Trinajstić information content (AvgIpc) is 2.26. The van der Waals surface area contributed by atoms with Crippen molar-refractivity contribution in [2.45, 2.75) is 33.1 Å². The molecule has 0 bridgehead atoms. The van der Waals surface area contributed by atoms with Crippen LogP contribution in [-0.2, 0) is 9.53 Å². The van der Waals surface area contributed by atoms with Gasteiger partial charge in [0.15, 0.2) is 0 Å². The first kappa shape index (κ1) is 12.5. The molecule has 1 rings (SSSR count). The highest BCUT2D eigenvalue weighted by molar-refractivity contribution is 5.69. The van der Waals surface area contributed by atoms with Gasteiger partial charge in [-0.25, -0.2) is 0 Å². The van der Waals surface area contributed by atoms with E-state index in [-0.39, 0.29) is 5.97 Å². The molecule has 1 heterocycles. The van der Waals surface area contributed by atoms with E-state index in [0.29, 0.717) is 12.3 Å². The summed E-state index contributed by atoms with van der Waals surface area (Å²) < 4.78 is 4.68. The van der Waals surface area contributed by atoms with Crippen LogP contribution in [0.2, 0.25) is 0 Å². The molecular formula is C12H23NO2. The Labute approximate surface area is 92.6 Å². The Hall–Kier alpha value is -0.570. The SMILES string of the molecule is COC(=O)CCC1CNCCC1C(C)C. The molecule has 3 heteroatoms. The minimum absolute atomic E-state index is 0.0805. The summed E-state index contributed by atoms with van der Waals surface area (Å²) in [6.45, 7) is 6.74. The normalized spacial score (nSPS) is 26.7. The molecule has 2 atom stereocenters. The summed E-state index contributed by atoms with van der Waals surface area (Å²) in [5, 5.41) is 3.41. The summed E-state index contributed by atoms with van der Waals surface area (Å²) in [6.07, 6.45) is 2.76. The van der Waals surface area contributed by atoms with Crippen LogP contribution in [0.1, 0.15) is 33.1 Å². The molecule has 2 unspecified atom stereocenters. The molecule has 0 aliphatic carbocycles. The topological polar surface area (TPSA) is 38.3 Å². The van der Waals surface area contributed by atoms with Crippen molar-refractivity contribution in [1.29, 1.82) is 0 Å². The number of rotatable bonds is 4. The summed E-state index contributed by atoms with van der Waals surface area (Å²) in [5.41, 5.74) is 0.